The molecule has 0 aliphatic rings. The lowest BCUT2D eigenvalue weighted by molar-refractivity contribution is 0.670. The number of nitrogens with zero attached hydrogens (tertiary/aromatic N) is 2. The van der Waals surface area contributed by atoms with Crippen molar-refractivity contribution in [3.8, 4) is 11.4 Å². The summed E-state index contributed by atoms with van der Waals surface area (Å²) in [5.41, 5.74) is 6.53. The summed E-state index contributed by atoms with van der Waals surface area (Å²) in [5.74, 6) is 0. The molecule has 7 aromatic carbocycles. The predicted molar refractivity (Wildman–Crippen MR) is 190 cm³/mol. The van der Waals surface area contributed by atoms with Crippen molar-refractivity contribution >= 4 is 87.5 Å². The predicted octanol–water partition coefficient (Wildman–Crippen LogP) is 11.7. The number of benzene rings is 7. The first-order chi connectivity index (χ1) is 24.5. The van der Waals surface area contributed by atoms with Gasteiger partial charge in [-0.1, -0.05) is 97.0 Å². The van der Waals surface area contributed by atoms with E-state index in [1.807, 2.05) is 106 Å². The first-order valence-corrected chi connectivity index (χ1v) is 15.3. The molecular weight excluding hydrogens is 564 g/mol. The zero-order valence-corrected chi connectivity index (χ0v) is 24.3. The van der Waals surface area contributed by atoms with Crippen molar-refractivity contribution in [2.45, 2.75) is 0 Å². The third-order valence-electron chi connectivity index (χ3n) is 9.45. The lowest BCUT2D eigenvalue weighted by Gasteiger charge is -2.16. The third kappa shape index (κ3) is 2.98. The summed E-state index contributed by atoms with van der Waals surface area (Å²) in [5, 5.41) is 7.56. The van der Waals surface area contributed by atoms with E-state index < -0.39 is 0 Å². The van der Waals surface area contributed by atoms with E-state index in [-0.39, 0.29) is 24.2 Å². The lowest BCUT2D eigenvalue weighted by Crippen LogP contribution is -2.03. The van der Waals surface area contributed by atoms with E-state index in [1.54, 1.807) is 0 Å². The molecule has 0 saturated heterocycles. The maximum absolute atomic E-state index is 9.61. The minimum absolute atomic E-state index is 0.153. The van der Waals surface area contributed by atoms with E-state index in [0.717, 1.165) is 76.3 Å². The van der Waals surface area contributed by atoms with Gasteiger partial charge in [0.25, 0.3) is 0 Å². The Morgan fingerprint density at radius 3 is 1.26 bits per heavy atom. The highest BCUT2D eigenvalue weighted by Crippen LogP contribution is 2.44. The Morgan fingerprint density at radius 2 is 0.783 bits per heavy atom. The van der Waals surface area contributed by atoms with Gasteiger partial charge in [0.15, 0.2) is 11.2 Å². The van der Waals surface area contributed by atoms with Gasteiger partial charge < -0.3 is 18.0 Å². The molecule has 11 aromatic rings. The molecule has 0 saturated carbocycles. The molecule has 0 unspecified atom stereocenters. The van der Waals surface area contributed by atoms with Crippen LogP contribution in [0.25, 0.3) is 98.9 Å². The van der Waals surface area contributed by atoms with Crippen LogP contribution in [0, 0.1) is 0 Å². The summed E-state index contributed by atoms with van der Waals surface area (Å²) in [4.78, 5) is 0. The maximum atomic E-state index is 9.61. The molecule has 11 rings (SSSR count). The summed E-state index contributed by atoms with van der Waals surface area (Å²) in [6, 6.07) is 39.2. The molecule has 4 heteroatoms. The van der Waals surface area contributed by atoms with Gasteiger partial charge in [-0.05, 0) is 48.5 Å². The number of hydrogen-bond acceptors (Lipinski definition) is 2. The van der Waals surface area contributed by atoms with Gasteiger partial charge in [-0.15, -0.1) is 0 Å². The van der Waals surface area contributed by atoms with Crippen molar-refractivity contribution in [2.75, 3.05) is 0 Å². The second-order valence-electron chi connectivity index (χ2n) is 11.8. The van der Waals surface area contributed by atoms with E-state index in [9.17, 15) is 2.74 Å². The van der Waals surface area contributed by atoms with Crippen LogP contribution in [0.2, 0.25) is 0 Å². The molecule has 0 N–H and O–H groups in total. The zero-order chi connectivity index (χ0) is 33.4. The van der Waals surface area contributed by atoms with E-state index >= 15 is 0 Å². The van der Waals surface area contributed by atoms with Crippen LogP contribution in [-0.4, -0.2) is 9.13 Å². The highest BCUT2D eigenvalue weighted by Gasteiger charge is 2.24. The lowest BCUT2D eigenvalue weighted by atomic mass is 10.1. The molecule has 0 aliphatic carbocycles. The molecule has 4 aromatic heterocycles. The number of furan rings is 2. The molecule has 0 aliphatic heterocycles. The van der Waals surface area contributed by atoms with Crippen LogP contribution in [0.5, 0.6) is 0 Å². The first-order valence-electron chi connectivity index (χ1n) is 17.3. The largest absolute Gasteiger partial charge is 0.454 e. The normalized spacial score (nSPS) is 13.6. The molecule has 4 nitrogen and oxygen atoms in total. The van der Waals surface area contributed by atoms with Crippen LogP contribution < -0.4 is 0 Å². The Labute approximate surface area is 267 Å². The first kappa shape index (κ1) is 20.7. The zero-order valence-electron chi connectivity index (χ0n) is 28.3. The number of fused-ring (bicyclic) bond motifs is 14. The number of para-hydroxylation sites is 6. The molecule has 4 heterocycles. The van der Waals surface area contributed by atoms with E-state index in [1.165, 1.54) is 0 Å². The van der Waals surface area contributed by atoms with Gasteiger partial charge in [0.05, 0.1) is 38.9 Å². The van der Waals surface area contributed by atoms with Crippen LogP contribution in [0.4, 0.5) is 0 Å². The summed E-state index contributed by atoms with van der Waals surface area (Å²) >= 11 is 0. The van der Waals surface area contributed by atoms with E-state index in [4.69, 9.17) is 11.6 Å². The number of rotatable bonds is 2. The molecule has 0 atom stereocenters. The van der Waals surface area contributed by atoms with Crippen molar-refractivity contribution in [3.63, 3.8) is 0 Å². The van der Waals surface area contributed by atoms with Crippen molar-refractivity contribution in [1.82, 2.24) is 9.13 Å². The van der Waals surface area contributed by atoms with Gasteiger partial charge in [-0.2, -0.15) is 0 Å². The van der Waals surface area contributed by atoms with Crippen LogP contribution in [0.3, 0.4) is 0 Å². The molecule has 0 fully saturated rings. The summed E-state index contributed by atoms with van der Waals surface area (Å²) in [6.07, 6.45) is 0. The second-order valence-corrected chi connectivity index (χ2v) is 11.8. The fraction of sp³-hybridized carbons (Fsp3) is 0. The second kappa shape index (κ2) is 8.68. The van der Waals surface area contributed by atoms with Crippen LogP contribution >= 0.6 is 0 Å². The molecule has 0 radical (unpaired) electrons. The Morgan fingerprint density at radius 1 is 0.391 bits per heavy atom. The molecular formula is C42H24N2O2. The van der Waals surface area contributed by atoms with Crippen molar-refractivity contribution in [3.05, 3.63) is 145 Å². The Kier molecular flexibility index (Phi) is 3.90. The fourth-order valence-electron chi connectivity index (χ4n) is 7.55. The maximum Gasteiger partial charge on any atom is 0.160 e. The Balaban J connectivity index is 1.41. The van der Waals surface area contributed by atoms with Gasteiger partial charge in [0.1, 0.15) is 11.2 Å². The fourth-order valence-corrected chi connectivity index (χ4v) is 7.55. The standard InChI is InChI=1S/C42H24N2O2/c1-5-15-33-25(11-1)29-21-23-31-27-13-3-9-19-37(27)45-41(31)39(29)43(33)35-17-7-8-18-36(35)44-34-16-6-2-12-26(34)30-22-24-32-28-14-4-10-20-38(28)46-42(32)40(30)44/h1-24H/i7D,8D,17D,18D. The van der Waals surface area contributed by atoms with Crippen molar-refractivity contribution in [2.24, 2.45) is 0 Å². The Hall–Kier alpha value is -6.26. The summed E-state index contributed by atoms with van der Waals surface area (Å²) in [6.45, 7) is 0. The number of aromatic nitrogens is 2. The van der Waals surface area contributed by atoms with Gasteiger partial charge in [-0.3, -0.25) is 0 Å². The van der Waals surface area contributed by atoms with Crippen LogP contribution in [-0.2, 0) is 0 Å². The smallest absolute Gasteiger partial charge is 0.160 e. The summed E-state index contributed by atoms with van der Waals surface area (Å²) in [7, 11) is 0. The minimum Gasteiger partial charge on any atom is -0.454 e. The monoisotopic (exact) mass is 592 g/mol. The van der Waals surface area contributed by atoms with Gasteiger partial charge in [-0.25, -0.2) is 0 Å². The average molecular weight is 593 g/mol. The quantitative estimate of drug-likeness (QED) is 0.200. The van der Waals surface area contributed by atoms with Crippen LogP contribution in [0.15, 0.2) is 154 Å². The van der Waals surface area contributed by atoms with Gasteiger partial charge >= 0.3 is 0 Å². The van der Waals surface area contributed by atoms with Gasteiger partial charge in [0.2, 0.25) is 0 Å². The minimum atomic E-state index is -0.314. The molecule has 0 spiro atoms. The topological polar surface area (TPSA) is 36.1 Å². The highest BCUT2D eigenvalue weighted by atomic mass is 16.3. The van der Waals surface area contributed by atoms with Crippen molar-refractivity contribution in [1.29, 1.82) is 0 Å². The SMILES string of the molecule is [2H]c1c([2H])c([2H])c(-n2c3ccccc3c3ccc4c5ccccc5oc4c32)c(-n2c3ccccc3c3ccc4c5ccccc5oc4c32)c1[2H]. The highest BCUT2D eigenvalue weighted by molar-refractivity contribution is 6.23. The average Bonchev–Trinajstić information content (AvgIpc) is 3.90. The molecule has 0 bridgehead atoms. The molecule has 214 valence electrons. The van der Waals surface area contributed by atoms with Crippen LogP contribution in [0.1, 0.15) is 5.48 Å². The molecule has 0 amide bonds. The molecule has 46 heavy (non-hydrogen) atoms. The third-order valence-corrected chi connectivity index (χ3v) is 9.45. The van der Waals surface area contributed by atoms with E-state index in [2.05, 4.69) is 24.3 Å². The number of hydrogen-bond donors (Lipinski definition) is 0. The van der Waals surface area contributed by atoms with E-state index in [0.29, 0.717) is 22.5 Å². The Bertz CT molecular complexity index is 3050. The van der Waals surface area contributed by atoms with Gasteiger partial charge in [0, 0.05) is 43.1 Å². The van der Waals surface area contributed by atoms with Crippen molar-refractivity contribution < 1.29 is 14.3 Å². The summed E-state index contributed by atoms with van der Waals surface area (Å²) < 4.78 is 54.4.